The summed E-state index contributed by atoms with van der Waals surface area (Å²) < 4.78 is 38.1. The quantitative estimate of drug-likeness (QED) is 0.867. The van der Waals surface area contributed by atoms with E-state index < -0.39 is 17.6 Å². The molecule has 2 N–H and O–H groups in total. The smallest absolute Gasteiger partial charge is 0.398 e. The Morgan fingerprint density at radius 1 is 1.19 bits per heavy atom. The number of anilines is 2. The lowest BCUT2D eigenvalue weighted by molar-refractivity contribution is -0.137. The monoisotopic (exact) mass is 295 g/mol. The number of amides is 1. The van der Waals surface area contributed by atoms with E-state index >= 15 is 0 Å². The van der Waals surface area contributed by atoms with Gasteiger partial charge in [0.1, 0.15) is 0 Å². The molecule has 2 rings (SSSR count). The molecule has 2 aromatic rings. The number of rotatable bonds is 2. The minimum atomic E-state index is -4.53. The number of nitrogen functional groups attached to an aromatic ring is 1. The highest BCUT2D eigenvalue weighted by atomic mass is 19.4. The summed E-state index contributed by atoms with van der Waals surface area (Å²) in [4.78, 5) is 17.3. The number of carbonyl (C=O) groups is 1. The van der Waals surface area contributed by atoms with Crippen LogP contribution >= 0.6 is 0 Å². The molecule has 0 aliphatic rings. The Bertz CT molecular complexity index is 656. The van der Waals surface area contributed by atoms with E-state index in [0.29, 0.717) is 5.69 Å². The number of alkyl halides is 3. The van der Waals surface area contributed by atoms with E-state index in [1.807, 2.05) is 0 Å². The Hall–Kier alpha value is -2.57. The van der Waals surface area contributed by atoms with Crippen molar-refractivity contribution in [3.8, 4) is 0 Å². The maximum atomic E-state index is 12.7. The SMILES string of the molecule is CN(C(=O)c1cc(C(F)(F)F)ccc1N)c1ccncc1. The summed E-state index contributed by atoms with van der Waals surface area (Å²) in [6.45, 7) is 0. The van der Waals surface area contributed by atoms with Crippen LogP contribution in [-0.2, 0) is 6.18 Å². The largest absolute Gasteiger partial charge is 0.416 e. The first-order valence-electron chi connectivity index (χ1n) is 5.95. The zero-order valence-electron chi connectivity index (χ0n) is 11.1. The number of nitrogens with zero attached hydrogens (tertiary/aromatic N) is 2. The maximum absolute atomic E-state index is 12.7. The lowest BCUT2D eigenvalue weighted by Crippen LogP contribution is -2.27. The molecule has 1 aromatic carbocycles. The summed E-state index contributed by atoms with van der Waals surface area (Å²) in [5.41, 5.74) is 5.02. The fourth-order valence-corrected chi connectivity index (χ4v) is 1.78. The molecule has 0 aliphatic heterocycles. The second-order valence-electron chi connectivity index (χ2n) is 4.37. The van der Waals surface area contributed by atoms with Crippen molar-refractivity contribution in [3.05, 3.63) is 53.9 Å². The molecule has 0 atom stereocenters. The van der Waals surface area contributed by atoms with Crippen molar-refractivity contribution in [2.45, 2.75) is 6.18 Å². The van der Waals surface area contributed by atoms with Gasteiger partial charge in [0, 0.05) is 30.8 Å². The molecule has 1 heterocycles. The van der Waals surface area contributed by atoms with Gasteiger partial charge in [-0.25, -0.2) is 0 Å². The van der Waals surface area contributed by atoms with Gasteiger partial charge in [-0.3, -0.25) is 9.78 Å². The van der Waals surface area contributed by atoms with Crippen LogP contribution in [0.25, 0.3) is 0 Å². The highest BCUT2D eigenvalue weighted by Crippen LogP contribution is 2.31. The number of carbonyl (C=O) groups excluding carboxylic acids is 1. The van der Waals surface area contributed by atoms with Gasteiger partial charge in [-0.1, -0.05) is 0 Å². The van der Waals surface area contributed by atoms with Gasteiger partial charge in [0.15, 0.2) is 0 Å². The lowest BCUT2D eigenvalue weighted by Gasteiger charge is -2.19. The van der Waals surface area contributed by atoms with E-state index in [-0.39, 0.29) is 11.3 Å². The van der Waals surface area contributed by atoms with Gasteiger partial charge in [-0.15, -0.1) is 0 Å². The first-order valence-corrected chi connectivity index (χ1v) is 5.95. The van der Waals surface area contributed by atoms with E-state index in [9.17, 15) is 18.0 Å². The normalized spacial score (nSPS) is 11.2. The van der Waals surface area contributed by atoms with Crippen molar-refractivity contribution in [1.29, 1.82) is 0 Å². The minimum absolute atomic E-state index is 0.00564. The Kier molecular flexibility index (Phi) is 3.84. The summed E-state index contributed by atoms with van der Waals surface area (Å²) in [5.74, 6) is -0.621. The molecular formula is C14H12F3N3O. The number of hydrogen-bond donors (Lipinski definition) is 1. The molecule has 21 heavy (non-hydrogen) atoms. The van der Waals surface area contributed by atoms with Crippen molar-refractivity contribution < 1.29 is 18.0 Å². The molecule has 1 amide bonds. The zero-order chi connectivity index (χ0) is 15.6. The Labute approximate surface area is 119 Å². The number of benzene rings is 1. The Balaban J connectivity index is 2.39. The zero-order valence-corrected chi connectivity index (χ0v) is 11.1. The third-order valence-corrected chi connectivity index (χ3v) is 2.97. The van der Waals surface area contributed by atoms with Crippen molar-refractivity contribution in [1.82, 2.24) is 4.98 Å². The lowest BCUT2D eigenvalue weighted by atomic mass is 10.1. The molecule has 0 radical (unpaired) electrons. The molecule has 0 saturated heterocycles. The standard InChI is InChI=1S/C14H12F3N3O/c1-20(10-4-6-19-7-5-10)13(21)11-8-9(14(15,16)17)2-3-12(11)18/h2-8H,18H2,1H3. The topological polar surface area (TPSA) is 59.2 Å². The molecule has 4 nitrogen and oxygen atoms in total. The Morgan fingerprint density at radius 2 is 1.81 bits per heavy atom. The van der Waals surface area contributed by atoms with Crippen molar-refractivity contribution in [2.75, 3.05) is 17.7 Å². The first-order chi connectivity index (χ1) is 9.80. The maximum Gasteiger partial charge on any atom is 0.416 e. The highest BCUT2D eigenvalue weighted by molar-refractivity contribution is 6.09. The third-order valence-electron chi connectivity index (χ3n) is 2.97. The summed E-state index contributed by atoms with van der Waals surface area (Å²) >= 11 is 0. The van der Waals surface area contributed by atoms with Crippen LogP contribution in [0, 0.1) is 0 Å². The third kappa shape index (κ3) is 3.13. The second-order valence-corrected chi connectivity index (χ2v) is 4.37. The number of nitrogens with two attached hydrogens (primary N) is 1. The van der Waals surface area contributed by atoms with Crippen LogP contribution in [0.4, 0.5) is 24.5 Å². The summed E-state index contributed by atoms with van der Waals surface area (Å²) in [5, 5.41) is 0. The van der Waals surface area contributed by atoms with Gasteiger partial charge in [0.2, 0.25) is 0 Å². The number of pyridine rings is 1. The Morgan fingerprint density at radius 3 is 2.38 bits per heavy atom. The van der Waals surface area contributed by atoms with E-state index in [1.54, 1.807) is 12.1 Å². The van der Waals surface area contributed by atoms with Gasteiger partial charge >= 0.3 is 6.18 Å². The van der Waals surface area contributed by atoms with E-state index in [2.05, 4.69) is 4.98 Å². The number of aromatic nitrogens is 1. The average Bonchev–Trinajstić information content (AvgIpc) is 2.46. The predicted molar refractivity (Wildman–Crippen MR) is 72.8 cm³/mol. The molecule has 0 spiro atoms. The van der Waals surface area contributed by atoms with Crippen molar-refractivity contribution >= 4 is 17.3 Å². The van der Waals surface area contributed by atoms with Gasteiger partial charge < -0.3 is 10.6 Å². The van der Waals surface area contributed by atoms with E-state index in [1.165, 1.54) is 24.3 Å². The van der Waals surface area contributed by atoms with Crippen LogP contribution in [0.2, 0.25) is 0 Å². The summed E-state index contributed by atoms with van der Waals surface area (Å²) in [6, 6.07) is 5.83. The van der Waals surface area contributed by atoms with Crippen molar-refractivity contribution in [3.63, 3.8) is 0 Å². The number of hydrogen-bond acceptors (Lipinski definition) is 3. The average molecular weight is 295 g/mol. The minimum Gasteiger partial charge on any atom is -0.398 e. The predicted octanol–water partition coefficient (Wildman–Crippen LogP) is 2.96. The second kappa shape index (κ2) is 5.43. The van der Waals surface area contributed by atoms with Crippen LogP contribution in [0.15, 0.2) is 42.7 Å². The number of halogens is 3. The van der Waals surface area contributed by atoms with Crippen LogP contribution in [0.1, 0.15) is 15.9 Å². The molecule has 7 heteroatoms. The molecule has 0 saturated carbocycles. The molecule has 1 aromatic heterocycles. The van der Waals surface area contributed by atoms with Gasteiger partial charge in [-0.05, 0) is 30.3 Å². The summed E-state index contributed by atoms with van der Waals surface area (Å²) in [7, 11) is 1.46. The van der Waals surface area contributed by atoms with Crippen LogP contribution in [0.3, 0.4) is 0 Å². The first kappa shape index (κ1) is 14.8. The fourth-order valence-electron chi connectivity index (χ4n) is 1.78. The molecular weight excluding hydrogens is 283 g/mol. The van der Waals surface area contributed by atoms with E-state index in [0.717, 1.165) is 18.2 Å². The van der Waals surface area contributed by atoms with Crippen LogP contribution in [0.5, 0.6) is 0 Å². The van der Waals surface area contributed by atoms with Gasteiger partial charge in [0.25, 0.3) is 5.91 Å². The van der Waals surface area contributed by atoms with Crippen LogP contribution < -0.4 is 10.6 Å². The van der Waals surface area contributed by atoms with Crippen LogP contribution in [-0.4, -0.2) is 17.9 Å². The fraction of sp³-hybridized carbons (Fsp3) is 0.143. The van der Waals surface area contributed by atoms with Gasteiger partial charge in [0.05, 0.1) is 11.1 Å². The molecule has 0 aliphatic carbocycles. The summed E-state index contributed by atoms with van der Waals surface area (Å²) in [6.07, 6.45) is -1.57. The molecule has 0 fully saturated rings. The van der Waals surface area contributed by atoms with Gasteiger partial charge in [-0.2, -0.15) is 13.2 Å². The molecule has 110 valence electrons. The molecule has 0 bridgehead atoms. The molecule has 0 unspecified atom stereocenters. The highest BCUT2D eigenvalue weighted by Gasteiger charge is 2.32. The van der Waals surface area contributed by atoms with Crippen molar-refractivity contribution in [2.24, 2.45) is 0 Å². The van der Waals surface area contributed by atoms with E-state index in [4.69, 9.17) is 5.73 Å².